The Labute approximate surface area is 115 Å². The van der Waals surface area contributed by atoms with E-state index < -0.39 is 12.1 Å². The molecule has 0 radical (unpaired) electrons. The lowest BCUT2D eigenvalue weighted by Gasteiger charge is -2.17. The SMILES string of the molecule is C[C@@H](OC(=O)C1=NNC(=O)CC1)c1ccccc1Cl. The first-order valence-electron chi connectivity index (χ1n) is 5.88. The average Bonchev–Trinajstić information content (AvgIpc) is 2.39. The van der Waals surface area contributed by atoms with Crippen molar-refractivity contribution in [1.82, 2.24) is 5.43 Å². The van der Waals surface area contributed by atoms with Crippen LogP contribution in [0.4, 0.5) is 0 Å². The summed E-state index contributed by atoms with van der Waals surface area (Å²) in [6.07, 6.45) is 0.0652. The lowest BCUT2D eigenvalue weighted by Crippen LogP contribution is -2.31. The molecule has 1 aliphatic rings. The molecule has 0 saturated carbocycles. The highest BCUT2D eigenvalue weighted by Gasteiger charge is 2.22. The van der Waals surface area contributed by atoms with Gasteiger partial charge in [-0.15, -0.1) is 0 Å². The number of carbonyl (C=O) groups excluding carboxylic acids is 2. The molecule has 1 heterocycles. The summed E-state index contributed by atoms with van der Waals surface area (Å²) in [7, 11) is 0. The first-order chi connectivity index (χ1) is 9.08. The van der Waals surface area contributed by atoms with E-state index in [0.29, 0.717) is 11.4 Å². The highest BCUT2D eigenvalue weighted by Crippen LogP contribution is 2.25. The van der Waals surface area contributed by atoms with E-state index in [-0.39, 0.29) is 18.0 Å². The van der Waals surface area contributed by atoms with Crippen LogP contribution in [0.2, 0.25) is 5.02 Å². The van der Waals surface area contributed by atoms with Crippen LogP contribution in [-0.2, 0) is 14.3 Å². The summed E-state index contributed by atoms with van der Waals surface area (Å²) >= 11 is 6.03. The summed E-state index contributed by atoms with van der Waals surface area (Å²) in [6, 6.07) is 7.16. The van der Waals surface area contributed by atoms with Crippen molar-refractivity contribution in [3.8, 4) is 0 Å². The zero-order chi connectivity index (χ0) is 13.8. The maximum Gasteiger partial charge on any atom is 0.355 e. The van der Waals surface area contributed by atoms with Crippen molar-refractivity contribution in [1.29, 1.82) is 0 Å². The van der Waals surface area contributed by atoms with E-state index in [9.17, 15) is 9.59 Å². The van der Waals surface area contributed by atoms with Gasteiger partial charge in [-0.1, -0.05) is 29.8 Å². The number of benzene rings is 1. The monoisotopic (exact) mass is 280 g/mol. The number of nitrogens with one attached hydrogen (secondary N) is 1. The molecule has 1 aliphatic heterocycles. The van der Waals surface area contributed by atoms with Gasteiger partial charge in [0.05, 0.1) is 0 Å². The number of ether oxygens (including phenoxy) is 1. The Balaban J connectivity index is 2.03. The smallest absolute Gasteiger partial charge is 0.355 e. The molecule has 1 N–H and O–H groups in total. The molecule has 1 amide bonds. The maximum atomic E-state index is 11.9. The number of hydrogen-bond donors (Lipinski definition) is 1. The highest BCUT2D eigenvalue weighted by molar-refractivity contribution is 6.37. The molecule has 0 unspecified atom stereocenters. The van der Waals surface area contributed by atoms with Crippen LogP contribution in [0.3, 0.4) is 0 Å². The number of hydrazone groups is 1. The van der Waals surface area contributed by atoms with Crippen molar-refractivity contribution >= 4 is 29.2 Å². The predicted molar refractivity (Wildman–Crippen MR) is 70.8 cm³/mol. The van der Waals surface area contributed by atoms with Gasteiger partial charge in [0.2, 0.25) is 5.91 Å². The largest absolute Gasteiger partial charge is 0.453 e. The number of carbonyl (C=O) groups is 2. The van der Waals surface area contributed by atoms with Crippen LogP contribution in [0.25, 0.3) is 0 Å². The van der Waals surface area contributed by atoms with Crippen LogP contribution < -0.4 is 5.43 Å². The molecule has 0 aromatic heterocycles. The van der Waals surface area contributed by atoms with Gasteiger partial charge in [0.15, 0.2) is 0 Å². The molecular formula is C13H13ClN2O3. The molecule has 1 atom stereocenters. The summed E-state index contributed by atoms with van der Waals surface area (Å²) in [4.78, 5) is 22.8. The van der Waals surface area contributed by atoms with Gasteiger partial charge in [0, 0.05) is 23.4 Å². The topological polar surface area (TPSA) is 67.8 Å². The fourth-order valence-corrected chi connectivity index (χ4v) is 2.01. The van der Waals surface area contributed by atoms with E-state index >= 15 is 0 Å². The van der Waals surface area contributed by atoms with Crippen molar-refractivity contribution in [2.45, 2.75) is 25.9 Å². The van der Waals surface area contributed by atoms with E-state index in [2.05, 4.69) is 10.5 Å². The first kappa shape index (κ1) is 13.5. The van der Waals surface area contributed by atoms with Crippen LogP contribution in [0.1, 0.15) is 31.4 Å². The van der Waals surface area contributed by atoms with E-state index in [0.717, 1.165) is 5.56 Å². The van der Waals surface area contributed by atoms with Gasteiger partial charge in [0.1, 0.15) is 11.8 Å². The molecule has 6 heteroatoms. The first-order valence-corrected chi connectivity index (χ1v) is 6.26. The van der Waals surface area contributed by atoms with Crippen LogP contribution >= 0.6 is 11.6 Å². The number of rotatable bonds is 3. The Kier molecular flexibility index (Phi) is 4.16. The minimum Gasteiger partial charge on any atom is -0.453 e. The Hall–Kier alpha value is -1.88. The summed E-state index contributed by atoms with van der Waals surface area (Å²) in [5.74, 6) is -0.733. The molecule has 0 saturated heterocycles. The maximum absolute atomic E-state index is 11.9. The van der Waals surface area contributed by atoms with Crippen LogP contribution in [-0.4, -0.2) is 17.6 Å². The molecule has 0 spiro atoms. The van der Waals surface area contributed by atoms with E-state index in [1.807, 2.05) is 6.07 Å². The number of hydrogen-bond acceptors (Lipinski definition) is 4. The summed E-state index contributed by atoms with van der Waals surface area (Å²) in [5, 5.41) is 4.23. The number of nitrogens with zero attached hydrogens (tertiary/aromatic N) is 1. The van der Waals surface area contributed by atoms with Crippen molar-refractivity contribution in [3.63, 3.8) is 0 Å². The van der Waals surface area contributed by atoms with Gasteiger partial charge in [-0.25, -0.2) is 10.2 Å². The fraction of sp³-hybridized carbons (Fsp3) is 0.308. The average molecular weight is 281 g/mol. The number of amides is 1. The molecule has 1 aromatic rings. The molecule has 0 aliphatic carbocycles. The van der Waals surface area contributed by atoms with Crippen molar-refractivity contribution in [2.24, 2.45) is 5.10 Å². The van der Waals surface area contributed by atoms with Gasteiger partial charge < -0.3 is 4.74 Å². The predicted octanol–water partition coefficient (Wildman–Crippen LogP) is 2.21. The summed E-state index contributed by atoms with van der Waals surface area (Å²) in [5.41, 5.74) is 3.21. The van der Waals surface area contributed by atoms with Gasteiger partial charge in [-0.05, 0) is 13.0 Å². The molecule has 0 bridgehead atoms. The zero-order valence-corrected chi connectivity index (χ0v) is 11.1. The number of halogens is 1. The Morgan fingerprint density at radius 1 is 1.42 bits per heavy atom. The van der Waals surface area contributed by atoms with Gasteiger partial charge in [0.25, 0.3) is 0 Å². The third-order valence-electron chi connectivity index (χ3n) is 2.77. The highest BCUT2D eigenvalue weighted by atomic mass is 35.5. The Bertz CT molecular complexity index is 542. The van der Waals surface area contributed by atoms with E-state index in [4.69, 9.17) is 16.3 Å². The third-order valence-corrected chi connectivity index (χ3v) is 3.11. The molecule has 100 valence electrons. The van der Waals surface area contributed by atoms with Gasteiger partial charge in [-0.2, -0.15) is 5.10 Å². The van der Waals surface area contributed by atoms with Crippen LogP contribution in [0.5, 0.6) is 0 Å². The quantitative estimate of drug-likeness (QED) is 0.863. The van der Waals surface area contributed by atoms with E-state index in [1.165, 1.54) is 0 Å². The summed E-state index contributed by atoms with van der Waals surface area (Å²) in [6.45, 7) is 1.74. The molecule has 0 fully saturated rings. The zero-order valence-electron chi connectivity index (χ0n) is 10.4. The molecule has 2 rings (SSSR count). The minimum atomic E-state index is -0.535. The standard InChI is InChI=1S/C13H13ClN2O3/c1-8(9-4-2-3-5-10(9)14)19-13(18)11-6-7-12(17)16-15-11/h2-5,8H,6-7H2,1H3,(H,16,17)/t8-/m1/s1. The molecule has 5 nitrogen and oxygen atoms in total. The summed E-state index contributed by atoms with van der Waals surface area (Å²) < 4.78 is 5.29. The second-order valence-corrected chi connectivity index (χ2v) is 4.57. The van der Waals surface area contributed by atoms with Gasteiger partial charge in [-0.3, -0.25) is 4.79 Å². The minimum absolute atomic E-state index is 0.198. The van der Waals surface area contributed by atoms with Crippen molar-refractivity contribution < 1.29 is 14.3 Å². The third kappa shape index (κ3) is 3.32. The molecule has 1 aromatic carbocycles. The van der Waals surface area contributed by atoms with Crippen LogP contribution in [0, 0.1) is 0 Å². The van der Waals surface area contributed by atoms with E-state index in [1.54, 1.807) is 25.1 Å². The Morgan fingerprint density at radius 3 is 2.79 bits per heavy atom. The second kappa shape index (κ2) is 5.84. The normalized spacial score (nSPS) is 16.3. The Morgan fingerprint density at radius 2 is 2.16 bits per heavy atom. The van der Waals surface area contributed by atoms with Crippen molar-refractivity contribution in [2.75, 3.05) is 0 Å². The lowest BCUT2D eigenvalue weighted by atomic mass is 10.1. The molecular weight excluding hydrogens is 268 g/mol. The van der Waals surface area contributed by atoms with Crippen LogP contribution in [0.15, 0.2) is 29.4 Å². The second-order valence-electron chi connectivity index (χ2n) is 4.16. The molecule has 19 heavy (non-hydrogen) atoms. The lowest BCUT2D eigenvalue weighted by molar-refractivity contribution is -0.140. The van der Waals surface area contributed by atoms with Crippen molar-refractivity contribution in [3.05, 3.63) is 34.9 Å². The van der Waals surface area contributed by atoms with Gasteiger partial charge >= 0.3 is 5.97 Å². The number of esters is 1. The fourth-order valence-electron chi connectivity index (χ4n) is 1.72.